The molecule has 0 radical (unpaired) electrons. The Kier molecular flexibility index (Phi) is 6.98. The van der Waals surface area contributed by atoms with Crippen molar-refractivity contribution in [2.45, 2.75) is 11.4 Å². The van der Waals surface area contributed by atoms with Gasteiger partial charge < -0.3 is 4.90 Å². The fourth-order valence-corrected chi connectivity index (χ4v) is 4.10. The minimum atomic E-state index is 0.831. The van der Waals surface area contributed by atoms with Crippen LogP contribution >= 0.6 is 27.7 Å². The first-order valence-electron chi connectivity index (χ1n) is 8.60. The van der Waals surface area contributed by atoms with Crippen molar-refractivity contribution in [1.82, 2.24) is 0 Å². The van der Waals surface area contributed by atoms with Crippen LogP contribution in [0.3, 0.4) is 0 Å². The van der Waals surface area contributed by atoms with Gasteiger partial charge in [-0.3, -0.25) is 0 Å². The summed E-state index contributed by atoms with van der Waals surface area (Å²) in [5.74, 6) is 0.916. The van der Waals surface area contributed by atoms with E-state index in [1.54, 1.807) is 0 Å². The smallest absolute Gasteiger partial charge is 0.0516 e. The normalized spacial score (nSPS) is 10.5. The first-order chi connectivity index (χ1) is 12.7. The molecule has 0 amide bonds. The van der Waals surface area contributed by atoms with Crippen molar-refractivity contribution < 1.29 is 0 Å². The predicted octanol–water partition coefficient (Wildman–Crippen LogP) is 6.80. The van der Waals surface area contributed by atoms with Crippen molar-refractivity contribution in [3.05, 3.63) is 107 Å². The molecule has 0 heterocycles. The van der Waals surface area contributed by atoms with Crippen LogP contribution < -0.4 is 4.90 Å². The molecule has 0 aliphatic rings. The predicted molar refractivity (Wildman–Crippen MR) is 118 cm³/mol. The van der Waals surface area contributed by atoms with E-state index in [0.29, 0.717) is 0 Å². The molecular weight excluding hydrogens is 402 g/mol. The highest BCUT2D eigenvalue weighted by molar-refractivity contribution is 9.10. The van der Waals surface area contributed by atoms with Crippen molar-refractivity contribution in [1.29, 1.82) is 0 Å². The van der Waals surface area contributed by atoms with Gasteiger partial charge in [-0.25, -0.2) is 0 Å². The van der Waals surface area contributed by atoms with Gasteiger partial charge in [-0.15, -0.1) is 11.8 Å². The number of anilines is 1. The molecule has 0 spiro atoms. The Morgan fingerprint density at radius 3 is 2.15 bits per heavy atom. The lowest BCUT2D eigenvalue weighted by atomic mass is 10.1. The number of benzene rings is 3. The summed E-state index contributed by atoms with van der Waals surface area (Å²) in [5.41, 5.74) is 3.71. The maximum absolute atomic E-state index is 4.33. The Hall–Kier alpha value is -1.97. The molecule has 1 nitrogen and oxygen atoms in total. The van der Waals surface area contributed by atoms with Gasteiger partial charge in [0.15, 0.2) is 0 Å². The van der Waals surface area contributed by atoms with E-state index in [-0.39, 0.29) is 0 Å². The second-order valence-electron chi connectivity index (χ2n) is 6.14. The van der Waals surface area contributed by atoms with Gasteiger partial charge in [0.05, 0.1) is 5.69 Å². The monoisotopic (exact) mass is 423 g/mol. The van der Waals surface area contributed by atoms with Crippen LogP contribution in [-0.2, 0) is 6.54 Å². The summed E-state index contributed by atoms with van der Waals surface area (Å²) in [5, 5.41) is 0. The summed E-state index contributed by atoms with van der Waals surface area (Å²) in [6.45, 7) is 6.02. The van der Waals surface area contributed by atoms with E-state index in [1.807, 2.05) is 23.9 Å². The largest absolute Gasteiger partial charge is 0.362 e. The van der Waals surface area contributed by atoms with E-state index < -0.39 is 0 Å². The van der Waals surface area contributed by atoms with Crippen molar-refractivity contribution >= 4 is 33.4 Å². The van der Waals surface area contributed by atoms with E-state index in [1.165, 1.54) is 21.7 Å². The summed E-state index contributed by atoms with van der Waals surface area (Å²) < 4.78 is 1.11. The Balaban J connectivity index is 1.71. The fourth-order valence-electron chi connectivity index (χ4n) is 2.76. The molecule has 0 saturated heterocycles. The van der Waals surface area contributed by atoms with E-state index in [0.717, 1.165) is 23.3 Å². The van der Waals surface area contributed by atoms with Crippen LogP contribution in [0.25, 0.3) is 0 Å². The van der Waals surface area contributed by atoms with Gasteiger partial charge in [0.25, 0.3) is 0 Å². The molecule has 132 valence electrons. The summed E-state index contributed by atoms with van der Waals surface area (Å²) in [6, 6.07) is 29.5. The lowest BCUT2D eigenvalue weighted by molar-refractivity contribution is 0.844. The second kappa shape index (κ2) is 9.65. The molecule has 0 saturated carbocycles. The van der Waals surface area contributed by atoms with Gasteiger partial charge in [0.1, 0.15) is 0 Å². The SMILES string of the molecule is C=C(CSc1ccccc1)CN(Cc1ccccc1)c1ccccc1Br. The van der Waals surface area contributed by atoms with Gasteiger partial charge in [-0.2, -0.15) is 0 Å². The molecule has 0 aliphatic heterocycles. The van der Waals surface area contributed by atoms with Crippen molar-refractivity contribution in [3.8, 4) is 0 Å². The Morgan fingerprint density at radius 2 is 1.46 bits per heavy atom. The molecule has 3 aromatic rings. The van der Waals surface area contributed by atoms with Crippen molar-refractivity contribution in [2.24, 2.45) is 0 Å². The van der Waals surface area contributed by atoms with Gasteiger partial charge >= 0.3 is 0 Å². The molecule has 0 unspecified atom stereocenters. The lowest BCUT2D eigenvalue weighted by Crippen LogP contribution is -2.26. The van der Waals surface area contributed by atoms with Crippen LogP contribution in [0.5, 0.6) is 0 Å². The maximum Gasteiger partial charge on any atom is 0.0516 e. The number of rotatable bonds is 8. The number of nitrogens with zero attached hydrogens (tertiary/aromatic N) is 1. The van der Waals surface area contributed by atoms with Crippen LogP contribution in [0.1, 0.15) is 5.56 Å². The van der Waals surface area contributed by atoms with Gasteiger partial charge in [0, 0.05) is 28.2 Å². The maximum atomic E-state index is 4.33. The summed E-state index contributed by atoms with van der Waals surface area (Å²) in [4.78, 5) is 3.66. The molecule has 0 fully saturated rings. The highest BCUT2D eigenvalue weighted by Crippen LogP contribution is 2.28. The van der Waals surface area contributed by atoms with Crippen LogP contribution in [-0.4, -0.2) is 12.3 Å². The third kappa shape index (κ3) is 5.52. The number of para-hydroxylation sites is 1. The number of halogens is 1. The number of thioether (sulfide) groups is 1. The van der Waals surface area contributed by atoms with Crippen LogP contribution in [0.4, 0.5) is 5.69 Å². The number of hydrogen-bond acceptors (Lipinski definition) is 2. The molecule has 3 rings (SSSR count). The zero-order chi connectivity index (χ0) is 18.2. The van der Waals surface area contributed by atoms with Gasteiger partial charge in [-0.05, 0) is 51.3 Å². The molecule has 0 aliphatic carbocycles. The molecule has 0 atom stereocenters. The molecule has 26 heavy (non-hydrogen) atoms. The minimum absolute atomic E-state index is 0.831. The van der Waals surface area contributed by atoms with E-state index in [9.17, 15) is 0 Å². The van der Waals surface area contributed by atoms with Crippen molar-refractivity contribution in [2.75, 3.05) is 17.2 Å². The summed E-state index contributed by atoms with van der Waals surface area (Å²) in [6.07, 6.45) is 0. The average molecular weight is 424 g/mol. The second-order valence-corrected chi connectivity index (χ2v) is 8.05. The Labute approximate surface area is 168 Å². The Morgan fingerprint density at radius 1 is 0.846 bits per heavy atom. The molecular formula is C23H22BrNS. The highest BCUT2D eigenvalue weighted by Gasteiger charge is 2.12. The van der Waals surface area contributed by atoms with E-state index in [2.05, 4.69) is 100 Å². The topological polar surface area (TPSA) is 3.24 Å². The first kappa shape index (κ1) is 18.8. The average Bonchev–Trinajstić information content (AvgIpc) is 2.68. The van der Waals surface area contributed by atoms with E-state index >= 15 is 0 Å². The quantitative estimate of drug-likeness (QED) is 0.289. The van der Waals surface area contributed by atoms with E-state index in [4.69, 9.17) is 0 Å². The summed E-state index contributed by atoms with van der Waals surface area (Å²) in [7, 11) is 0. The van der Waals surface area contributed by atoms with Crippen LogP contribution in [0, 0.1) is 0 Å². The minimum Gasteiger partial charge on any atom is -0.362 e. The Bertz CT molecular complexity index is 833. The third-order valence-electron chi connectivity index (χ3n) is 4.01. The van der Waals surface area contributed by atoms with Gasteiger partial charge in [-0.1, -0.05) is 67.2 Å². The molecule has 0 bridgehead atoms. The molecule has 3 heteroatoms. The van der Waals surface area contributed by atoms with Crippen LogP contribution in [0.2, 0.25) is 0 Å². The summed E-state index contributed by atoms with van der Waals surface area (Å²) >= 11 is 5.54. The fraction of sp³-hybridized carbons (Fsp3) is 0.130. The zero-order valence-electron chi connectivity index (χ0n) is 14.6. The molecule has 0 N–H and O–H groups in total. The molecule has 3 aromatic carbocycles. The van der Waals surface area contributed by atoms with Crippen molar-refractivity contribution in [3.63, 3.8) is 0 Å². The number of hydrogen-bond donors (Lipinski definition) is 0. The standard InChI is InChI=1S/C23H22BrNS/c1-19(18-26-21-12-6-3-7-13-21)16-25(17-20-10-4-2-5-11-20)23-15-9-8-14-22(23)24/h2-15H,1,16-18H2. The highest BCUT2D eigenvalue weighted by atomic mass is 79.9. The molecule has 0 aromatic heterocycles. The zero-order valence-corrected chi connectivity index (χ0v) is 17.0. The van der Waals surface area contributed by atoms with Gasteiger partial charge in [0.2, 0.25) is 0 Å². The third-order valence-corrected chi connectivity index (χ3v) is 5.84. The lowest BCUT2D eigenvalue weighted by Gasteiger charge is -2.27. The van der Waals surface area contributed by atoms with Crippen LogP contribution in [0.15, 0.2) is 106 Å². The first-order valence-corrected chi connectivity index (χ1v) is 10.4.